The van der Waals surface area contributed by atoms with Crippen LogP contribution >= 0.6 is 23.2 Å². The minimum atomic E-state index is -4.29. The van der Waals surface area contributed by atoms with Gasteiger partial charge in [-0.15, -0.1) is 0 Å². The van der Waals surface area contributed by atoms with Gasteiger partial charge < -0.3 is 15.0 Å². The fraction of sp³-hybridized carbons (Fsp3) is 0.297. The number of aryl methyl sites for hydroxylation is 1. The highest BCUT2D eigenvalue weighted by atomic mass is 35.5. The van der Waals surface area contributed by atoms with E-state index in [-0.39, 0.29) is 42.1 Å². The Morgan fingerprint density at radius 2 is 1.56 bits per heavy atom. The molecule has 0 aromatic heterocycles. The monoisotopic (exact) mass is 709 g/mol. The molecule has 11 heteroatoms. The van der Waals surface area contributed by atoms with E-state index in [0.29, 0.717) is 27.8 Å². The molecule has 1 N–H and O–H groups in total. The summed E-state index contributed by atoms with van der Waals surface area (Å²) in [5.74, 6) is -0.677. The van der Waals surface area contributed by atoms with Crippen molar-refractivity contribution in [2.24, 2.45) is 0 Å². The molecule has 0 aliphatic carbocycles. The maximum Gasteiger partial charge on any atom is 0.264 e. The number of hydrogen-bond donors (Lipinski definition) is 1. The van der Waals surface area contributed by atoms with Crippen molar-refractivity contribution in [3.05, 3.63) is 124 Å². The molecule has 0 heterocycles. The van der Waals surface area contributed by atoms with E-state index in [2.05, 4.69) is 5.32 Å². The van der Waals surface area contributed by atoms with Crippen LogP contribution in [0.25, 0.3) is 0 Å². The molecule has 48 heavy (non-hydrogen) atoms. The lowest BCUT2D eigenvalue weighted by Crippen LogP contribution is -2.54. The van der Waals surface area contributed by atoms with Gasteiger partial charge in [-0.05, 0) is 74.7 Å². The van der Waals surface area contributed by atoms with Crippen LogP contribution in [0.3, 0.4) is 0 Å². The molecular weight excluding hydrogens is 669 g/mol. The third-order valence-corrected chi connectivity index (χ3v) is 10.3. The molecule has 0 saturated heterocycles. The van der Waals surface area contributed by atoms with Gasteiger partial charge in [0.25, 0.3) is 10.0 Å². The lowest BCUT2D eigenvalue weighted by Gasteiger charge is -2.34. The van der Waals surface area contributed by atoms with Crippen molar-refractivity contribution >= 4 is 50.7 Å². The summed E-state index contributed by atoms with van der Waals surface area (Å²) in [6.07, 6.45) is 0.859. The Balaban J connectivity index is 1.86. The number of hydrogen-bond acceptors (Lipinski definition) is 5. The standard InChI is InChI=1S/C37H41Cl2N3O5S/c1-5-27(4)40-37(44)34(22-28-12-8-7-9-13-28)41(24-29-18-19-30(38)23-32(29)39)36(43)25-42(33-14-10-11-15-35(33)47-6-2)48(45,46)31-20-16-26(3)17-21-31/h7-21,23,27,34H,5-6,22,24-25H2,1-4H3,(H,40,44). The van der Waals surface area contributed by atoms with Gasteiger partial charge in [0.1, 0.15) is 18.3 Å². The molecule has 0 spiro atoms. The number of sulfonamides is 1. The number of rotatable bonds is 15. The molecule has 0 bridgehead atoms. The summed E-state index contributed by atoms with van der Waals surface area (Å²) in [5, 5.41) is 3.76. The molecular formula is C37H41Cl2N3O5S. The van der Waals surface area contributed by atoms with E-state index < -0.39 is 28.5 Å². The maximum atomic E-state index is 14.7. The summed E-state index contributed by atoms with van der Waals surface area (Å²) in [4.78, 5) is 30.2. The lowest BCUT2D eigenvalue weighted by atomic mass is 10.0. The maximum absolute atomic E-state index is 14.7. The molecule has 254 valence electrons. The predicted molar refractivity (Wildman–Crippen MR) is 192 cm³/mol. The molecule has 8 nitrogen and oxygen atoms in total. The molecule has 0 aliphatic heterocycles. The predicted octanol–water partition coefficient (Wildman–Crippen LogP) is 7.45. The fourth-order valence-corrected chi connectivity index (χ4v) is 7.01. The highest BCUT2D eigenvalue weighted by Crippen LogP contribution is 2.33. The number of nitrogens with one attached hydrogen (secondary N) is 1. The Hall–Kier alpha value is -4.05. The van der Waals surface area contributed by atoms with Crippen LogP contribution in [-0.4, -0.2) is 50.4 Å². The van der Waals surface area contributed by atoms with Gasteiger partial charge in [-0.25, -0.2) is 8.42 Å². The van der Waals surface area contributed by atoms with Crippen molar-refractivity contribution in [3.63, 3.8) is 0 Å². The third-order valence-electron chi connectivity index (χ3n) is 7.95. The van der Waals surface area contributed by atoms with Crippen LogP contribution in [0.15, 0.2) is 102 Å². The first-order chi connectivity index (χ1) is 22.9. The van der Waals surface area contributed by atoms with Gasteiger partial charge >= 0.3 is 0 Å². The number of amides is 2. The van der Waals surface area contributed by atoms with Crippen LogP contribution in [0.4, 0.5) is 5.69 Å². The average molecular weight is 711 g/mol. The summed E-state index contributed by atoms with van der Waals surface area (Å²) in [6, 6.07) is 26.2. The van der Waals surface area contributed by atoms with E-state index in [9.17, 15) is 18.0 Å². The Labute approximate surface area is 293 Å². The van der Waals surface area contributed by atoms with Gasteiger partial charge in [0.15, 0.2) is 0 Å². The molecule has 0 aliphatic rings. The molecule has 4 rings (SSSR count). The van der Waals surface area contributed by atoms with E-state index in [1.54, 1.807) is 61.5 Å². The SMILES string of the molecule is CCOc1ccccc1N(CC(=O)N(Cc1ccc(Cl)cc1Cl)C(Cc1ccccc1)C(=O)NC(C)CC)S(=O)(=O)c1ccc(C)cc1. The van der Waals surface area contributed by atoms with Crippen LogP contribution in [0.1, 0.15) is 43.9 Å². The third kappa shape index (κ3) is 9.30. The number of nitrogens with zero attached hydrogens (tertiary/aromatic N) is 2. The highest BCUT2D eigenvalue weighted by Gasteiger charge is 2.36. The highest BCUT2D eigenvalue weighted by molar-refractivity contribution is 7.92. The molecule has 2 atom stereocenters. The fourth-order valence-electron chi connectivity index (χ4n) is 5.12. The normalized spacial score (nSPS) is 12.5. The number of anilines is 1. The van der Waals surface area contributed by atoms with Gasteiger partial charge in [0.05, 0.1) is 17.2 Å². The minimum Gasteiger partial charge on any atom is -0.492 e. The molecule has 2 amide bonds. The van der Waals surface area contributed by atoms with Crippen LogP contribution < -0.4 is 14.4 Å². The molecule has 0 radical (unpaired) electrons. The van der Waals surface area contributed by atoms with Gasteiger partial charge in [-0.3, -0.25) is 13.9 Å². The Bertz CT molecular complexity index is 1800. The van der Waals surface area contributed by atoms with Crippen molar-refractivity contribution < 1.29 is 22.7 Å². The summed E-state index contributed by atoms with van der Waals surface area (Å²) < 4.78 is 35.6. The molecule has 0 fully saturated rings. The lowest BCUT2D eigenvalue weighted by molar-refractivity contribution is -0.140. The zero-order valence-corrected chi connectivity index (χ0v) is 29.9. The van der Waals surface area contributed by atoms with E-state index in [1.807, 2.05) is 51.1 Å². The smallest absolute Gasteiger partial charge is 0.264 e. The van der Waals surface area contributed by atoms with Crippen LogP contribution in [-0.2, 0) is 32.6 Å². The number of carbonyl (C=O) groups excluding carboxylic acids is 2. The Kier molecular flexibility index (Phi) is 12.9. The van der Waals surface area contributed by atoms with E-state index >= 15 is 0 Å². The Morgan fingerprint density at radius 1 is 0.896 bits per heavy atom. The first-order valence-electron chi connectivity index (χ1n) is 15.8. The van der Waals surface area contributed by atoms with E-state index in [0.717, 1.165) is 15.4 Å². The largest absolute Gasteiger partial charge is 0.492 e. The summed E-state index contributed by atoms with van der Waals surface area (Å²) >= 11 is 12.8. The summed E-state index contributed by atoms with van der Waals surface area (Å²) in [6.45, 7) is 7.08. The minimum absolute atomic E-state index is 0.00912. The van der Waals surface area contributed by atoms with Gasteiger partial charge in [0, 0.05) is 29.1 Å². The summed E-state index contributed by atoms with van der Waals surface area (Å²) in [7, 11) is -4.29. The second-order valence-corrected chi connectivity index (χ2v) is 14.2. The quantitative estimate of drug-likeness (QED) is 0.138. The molecule has 0 saturated carbocycles. The number of carbonyl (C=O) groups is 2. The number of benzene rings is 4. The van der Waals surface area contributed by atoms with Gasteiger partial charge in [0.2, 0.25) is 11.8 Å². The van der Waals surface area contributed by atoms with Crippen molar-refractivity contribution in [3.8, 4) is 5.75 Å². The zero-order chi connectivity index (χ0) is 34.8. The number of para-hydroxylation sites is 2. The van der Waals surface area contributed by atoms with Crippen molar-refractivity contribution in [2.45, 2.75) is 64.1 Å². The average Bonchev–Trinajstić information content (AvgIpc) is 3.07. The first kappa shape index (κ1) is 36.8. The second-order valence-electron chi connectivity index (χ2n) is 11.5. The van der Waals surface area contributed by atoms with Crippen LogP contribution in [0.5, 0.6) is 5.75 Å². The van der Waals surface area contributed by atoms with Crippen LogP contribution in [0, 0.1) is 6.92 Å². The van der Waals surface area contributed by atoms with Gasteiger partial charge in [-0.1, -0.05) is 96.4 Å². The van der Waals surface area contributed by atoms with Crippen molar-refractivity contribution in [2.75, 3.05) is 17.5 Å². The van der Waals surface area contributed by atoms with E-state index in [1.165, 1.54) is 17.0 Å². The van der Waals surface area contributed by atoms with Crippen molar-refractivity contribution in [1.29, 1.82) is 0 Å². The van der Waals surface area contributed by atoms with Crippen LogP contribution in [0.2, 0.25) is 10.0 Å². The van der Waals surface area contributed by atoms with Gasteiger partial charge in [-0.2, -0.15) is 0 Å². The summed E-state index contributed by atoms with van der Waals surface area (Å²) in [5.41, 5.74) is 2.45. The molecule has 4 aromatic rings. The molecule has 4 aromatic carbocycles. The first-order valence-corrected chi connectivity index (χ1v) is 18.0. The topological polar surface area (TPSA) is 96.0 Å². The zero-order valence-electron chi connectivity index (χ0n) is 27.5. The van der Waals surface area contributed by atoms with E-state index in [4.69, 9.17) is 27.9 Å². The number of halogens is 2. The second kappa shape index (κ2) is 16.9. The van der Waals surface area contributed by atoms with Crippen molar-refractivity contribution in [1.82, 2.24) is 10.2 Å². The number of ether oxygens (including phenoxy) is 1. The molecule has 2 unspecified atom stereocenters. The Morgan fingerprint density at radius 3 is 2.21 bits per heavy atom.